The summed E-state index contributed by atoms with van der Waals surface area (Å²) >= 11 is 12.3. The van der Waals surface area contributed by atoms with Crippen molar-refractivity contribution in [3.8, 4) is 5.75 Å². The lowest BCUT2D eigenvalue weighted by molar-refractivity contribution is -0.126. The second-order valence-electron chi connectivity index (χ2n) is 5.89. The quantitative estimate of drug-likeness (QED) is 0.442. The van der Waals surface area contributed by atoms with Gasteiger partial charge in [0.2, 0.25) is 5.91 Å². The zero-order valence-corrected chi connectivity index (χ0v) is 16.6. The number of aromatic hydroxyl groups is 1. The minimum Gasteiger partial charge on any atom is -0.506 e. The number of aryl methyl sites for hydroxylation is 1. The van der Waals surface area contributed by atoms with Crippen LogP contribution in [0, 0.1) is 6.92 Å². The van der Waals surface area contributed by atoms with Crippen molar-refractivity contribution < 1.29 is 14.7 Å². The first-order chi connectivity index (χ1) is 12.8. The van der Waals surface area contributed by atoms with Crippen LogP contribution in [0.3, 0.4) is 0 Å². The fourth-order valence-corrected chi connectivity index (χ4v) is 3.82. The summed E-state index contributed by atoms with van der Waals surface area (Å²) in [6.45, 7) is 1.74. The van der Waals surface area contributed by atoms with Crippen molar-refractivity contribution in [3.63, 3.8) is 0 Å². The molecule has 0 radical (unpaired) electrons. The fourth-order valence-electron chi connectivity index (χ4n) is 2.39. The van der Waals surface area contributed by atoms with E-state index in [2.05, 4.69) is 5.32 Å². The highest BCUT2D eigenvalue weighted by atomic mass is 35.5. The van der Waals surface area contributed by atoms with Crippen molar-refractivity contribution in [2.24, 2.45) is 0 Å². The Labute approximate surface area is 171 Å². The molecule has 0 saturated carbocycles. The molecule has 0 spiro atoms. The zero-order valence-electron chi connectivity index (χ0n) is 14.2. The molecule has 2 aromatic rings. The summed E-state index contributed by atoms with van der Waals surface area (Å²) in [6.07, 6.45) is 1.75. The first kappa shape index (κ1) is 19.4. The number of nitrogens with zero attached hydrogens (tertiary/aromatic N) is 1. The molecular formula is C19H15ClN2O3S2. The number of hydrogen-bond donors (Lipinski definition) is 2. The van der Waals surface area contributed by atoms with Crippen LogP contribution < -0.4 is 5.32 Å². The maximum absolute atomic E-state index is 12.6. The van der Waals surface area contributed by atoms with Crippen molar-refractivity contribution in [1.82, 2.24) is 4.90 Å². The van der Waals surface area contributed by atoms with Crippen LogP contribution in [-0.4, -0.2) is 32.7 Å². The first-order valence-corrected chi connectivity index (χ1v) is 9.54. The molecule has 0 aromatic heterocycles. The molecule has 0 unspecified atom stereocenters. The largest absolute Gasteiger partial charge is 0.506 e. The molecule has 1 heterocycles. The van der Waals surface area contributed by atoms with Crippen molar-refractivity contribution in [2.75, 3.05) is 11.9 Å². The average molecular weight is 419 g/mol. The number of hydrogen-bond acceptors (Lipinski definition) is 5. The van der Waals surface area contributed by atoms with E-state index < -0.39 is 5.91 Å². The van der Waals surface area contributed by atoms with Gasteiger partial charge in [0, 0.05) is 5.02 Å². The lowest BCUT2D eigenvalue weighted by Crippen LogP contribution is -2.36. The molecule has 1 aliphatic heterocycles. The van der Waals surface area contributed by atoms with Crippen molar-refractivity contribution in [2.45, 2.75) is 6.92 Å². The third-order valence-corrected chi connectivity index (χ3v) is 5.40. The van der Waals surface area contributed by atoms with Gasteiger partial charge in [-0.15, -0.1) is 0 Å². The second kappa shape index (κ2) is 8.12. The fraction of sp³-hybridized carbons (Fsp3) is 0.105. The van der Waals surface area contributed by atoms with E-state index in [1.807, 2.05) is 31.2 Å². The molecule has 2 N–H and O–H groups in total. The summed E-state index contributed by atoms with van der Waals surface area (Å²) < 4.78 is 0.309. The Bertz CT molecular complexity index is 958. The van der Waals surface area contributed by atoms with Gasteiger partial charge >= 0.3 is 0 Å². The SMILES string of the molecule is Cc1ccc(C=C2SC(=S)N(CC(=O)Nc3cc(Cl)ccc3O)C2=O)cc1. The van der Waals surface area contributed by atoms with Gasteiger partial charge in [0.05, 0.1) is 10.6 Å². The number of phenolic OH excluding ortho intramolecular Hbond substituents is 1. The maximum Gasteiger partial charge on any atom is 0.266 e. The Kier molecular flexibility index (Phi) is 5.84. The molecule has 27 heavy (non-hydrogen) atoms. The van der Waals surface area contributed by atoms with Crippen LogP contribution in [0.1, 0.15) is 11.1 Å². The van der Waals surface area contributed by atoms with Crippen LogP contribution in [0.25, 0.3) is 6.08 Å². The number of nitrogens with one attached hydrogen (secondary N) is 1. The number of halogens is 1. The molecule has 2 amide bonds. The molecule has 2 aromatic carbocycles. The Balaban J connectivity index is 1.71. The minimum atomic E-state index is -0.486. The Morgan fingerprint density at radius 2 is 2.00 bits per heavy atom. The summed E-state index contributed by atoms with van der Waals surface area (Å²) in [5.74, 6) is -0.922. The zero-order chi connectivity index (χ0) is 19.6. The Morgan fingerprint density at radius 1 is 1.30 bits per heavy atom. The highest BCUT2D eigenvalue weighted by Gasteiger charge is 2.33. The van der Waals surface area contributed by atoms with Crippen LogP contribution in [0.5, 0.6) is 5.75 Å². The number of carbonyl (C=O) groups is 2. The Morgan fingerprint density at radius 3 is 2.70 bits per heavy atom. The number of anilines is 1. The van der Waals surface area contributed by atoms with Crippen LogP contribution in [0.15, 0.2) is 47.4 Å². The number of carbonyl (C=O) groups excluding carboxylic acids is 2. The number of benzene rings is 2. The van der Waals surface area contributed by atoms with E-state index in [1.165, 1.54) is 23.1 Å². The molecular weight excluding hydrogens is 404 g/mol. The summed E-state index contributed by atoms with van der Waals surface area (Å²) in [7, 11) is 0. The molecule has 5 nitrogen and oxygen atoms in total. The van der Waals surface area contributed by atoms with Crippen LogP contribution in [0.2, 0.25) is 5.02 Å². The van der Waals surface area contributed by atoms with E-state index >= 15 is 0 Å². The monoisotopic (exact) mass is 418 g/mol. The van der Waals surface area contributed by atoms with Gasteiger partial charge in [-0.2, -0.15) is 0 Å². The molecule has 0 atom stereocenters. The molecule has 0 aliphatic carbocycles. The van der Waals surface area contributed by atoms with Gasteiger partial charge in [-0.3, -0.25) is 14.5 Å². The normalized spacial score (nSPS) is 15.5. The predicted octanol–water partition coefficient (Wildman–Crippen LogP) is 4.19. The topological polar surface area (TPSA) is 69.6 Å². The van der Waals surface area contributed by atoms with Crippen LogP contribution in [-0.2, 0) is 9.59 Å². The molecule has 3 rings (SSSR count). The molecule has 0 bridgehead atoms. The third-order valence-electron chi connectivity index (χ3n) is 3.78. The van der Waals surface area contributed by atoms with Crippen LogP contribution >= 0.6 is 35.6 Å². The first-order valence-electron chi connectivity index (χ1n) is 7.94. The summed E-state index contributed by atoms with van der Waals surface area (Å²) in [6, 6.07) is 12.0. The molecule has 1 saturated heterocycles. The van der Waals surface area contributed by atoms with Gasteiger partial charge in [-0.05, 0) is 36.8 Å². The molecule has 1 fully saturated rings. The lowest BCUT2D eigenvalue weighted by Gasteiger charge is -2.14. The highest BCUT2D eigenvalue weighted by molar-refractivity contribution is 8.26. The second-order valence-corrected chi connectivity index (χ2v) is 8.00. The average Bonchev–Trinajstić information content (AvgIpc) is 2.87. The summed E-state index contributed by atoms with van der Waals surface area (Å²) in [5, 5.41) is 12.7. The van der Waals surface area contributed by atoms with Gasteiger partial charge in [0.15, 0.2) is 0 Å². The maximum atomic E-state index is 12.6. The van der Waals surface area contributed by atoms with Gasteiger partial charge in [0.1, 0.15) is 16.6 Å². The number of amides is 2. The number of thioether (sulfide) groups is 1. The van der Waals surface area contributed by atoms with Crippen molar-refractivity contribution in [1.29, 1.82) is 0 Å². The van der Waals surface area contributed by atoms with Crippen molar-refractivity contribution in [3.05, 3.63) is 63.5 Å². The summed E-state index contributed by atoms with van der Waals surface area (Å²) in [5.41, 5.74) is 2.18. The molecule has 138 valence electrons. The van der Waals surface area contributed by atoms with Crippen LogP contribution in [0.4, 0.5) is 5.69 Å². The van der Waals surface area contributed by atoms with Gasteiger partial charge in [-0.25, -0.2) is 0 Å². The summed E-state index contributed by atoms with van der Waals surface area (Å²) in [4.78, 5) is 26.6. The van der Waals surface area contributed by atoms with E-state index in [1.54, 1.807) is 6.08 Å². The molecule has 8 heteroatoms. The number of phenols is 1. The standard InChI is InChI=1S/C19H15ClN2O3S2/c1-11-2-4-12(5-3-11)8-16-18(25)22(19(26)27-16)10-17(24)21-14-9-13(20)6-7-15(14)23/h2-9,23H,10H2,1H3,(H,21,24). The van der Waals surface area contributed by atoms with Gasteiger partial charge < -0.3 is 10.4 Å². The predicted molar refractivity (Wildman–Crippen MR) is 113 cm³/mol. The van der Waals surface area contributed by atoms with E-state index in [9.17, 15) is 14.7 Å². The van der Waals surface area contributed by atoms with Crippen molar-refractivity contribution >= 4 is 63.5 Å². The van der Waals surface area contributed by atoms with E-state index in [-0.39, 0.29) is 23.9 Å². The highest BCUT2D eigenvalue weighted by Crippen LogP contribution is 2.33. The number of thiocarbonyl (C=S) groups is 1. The van der Waals surface area contributed by atoms with E-state index in [0.717, 1.165) is 22.9 Å². The Hall–Kier alpha value is -2.35. The van der Waals surface area contributed by atoms with Gasteiger partial charge in [-0.1, -0.05) is 65.4 Å². The smallest absolute Gasteiger partial charge is 0.266 e. The van der Waals surface area contributed by atoms with Gasteiger partial charge in [0.25, 0.3) is 5.91 Å². The van der Waals surface area contributed by atoms with E-state index in [4.69, 9.17) is 23.8 Å². The minimum absolute atomic E-state index is 0.114. The third kappa shape index (κ3) is 4.68. The lowest BCUT2D eigenvalue weighted by atomic mass is 10.1. The van der Waals surface area contributed by atoms with E-state index in [0.29, 0.717) is 14.2 Å². The number of rotatable bonds is 4. The molecule has 1 aliphatic rings.